The molecule has 0 radical (unpaired) electrons. The van der Waals surface area contributed by atoms with Gasteiger partial charge in [-0.05, 0) is 18.2 Å². The molecule has 2 amide bonds. The smallest absolute Gasteiger partial charge is 0.317 e. The average molecular weight is 347 g/mol. The predicted octanol–water partition coefficient (Wildman–Crippen LogP) is 3.04. The molecule has 0 bridgehead atoms. The lowest BCUT2D eigenvalue weighted by Gasteiger charge is -2.31. The summed E-state index contributed by atoms with van der Waals surface area (Å²) in [6, 6.07) is 5.75. The number of likely N-dealkylation sites (tertiary alicyclic amines) is 1. The third-order valence-electron chi connectivity index (χ3n) is 3.97. The second-order valence-corrected chi connectivity index (χ2v) is 6.59. The van der Waals surface area contributed by atoms with E-state index in [9.17, 15) is 4.79 Å². The summed E-state index contributed by atoms with van der Waals surface area (Å²) in [5, 5.41) is 3.47. The van der Waals surface area contributed by atoms with Gasteiger partial charge in [-0.25, -0.2) is 9.78 Å². The van der Waals surface area contributed by atoms with Crippen LogP contribution in [-0.4, -0.2) is 48.8 Å². The molecular formula is C17H21N3O3S. The summed E-state index contributed by atoms with van der Waals surface area (Å²) in [5.41, 5.74) is 0.914. The van der Waals surface area contributed by atoms with E-state index in [0.29, 0.717) is 24.8 Å². The maximum Gasteiger partial charge on any atom is 0.317 e. The van der Waals surface area contributed by atoms with E-state index in [1.807, 2.05) is 23.1 Å². The number of benzene rings is 1. The molecule has 1 saturated heterocycles. The number of fused-ring (bicyclic) bond motifs is 1. The van der Waals surface area contributed by atoms with Gasteiger partial charge < -0.3 is 19.7 Å². The zero-order valence-electron chi connectivity index (χ0n) is 13.7. The fourth-order valence-electron chi connectivity index (χ4n) is 2.65. The van der Waals surface area contributed by atoms with E-state index in [0.717, 1.165) is 28.8 Å². The normalized spacial score (nSPS) is 15.3. The molecule has 6 nitrogen and oxygen atoms in total. The molecule has 1 aromatic carbocycles. The highest BCUT2D eigenvalue weighted by Gasteiger charge is 2.24. The van der Waals surface area contributed by atoms with E-state index in [4.69, 9.17) is 9.47 Å². The minimum Gasteiger partial charge on any atom is -0.497 e. The number of nitrogens with zero attached hydrogens (tertiary/aromatic N) is 2. The van der Waals surface area contributed by atoms with E-state index in [1.54, 1.807) is 13.2 Å². The maximum atomic E-state index is 11.9. The van der Waals surface area contributed by atoms with Crippen molar-refractivity contribution < 1.29 is 14.3 Å². The second kappa shape index (κ2) is 7.53. The van der Waals surface area contributed by atoms with Crippen molar-refractivity contribution >= 4 is 27.6 Å². The SMILES string of the molecule is C=CCNC(=O)N1CCC(Oc2nc3ccc(OC)cc3s2)CC1. The van der Waals surface area contributed by atoms with Gasteiger partial charge in [0.25, 0.3) is 5.19 Å². The fourth-order valence-corrected chi connectivity index (χ4v) is 3.56. The monoisotopic (exact) mass is 347 g/mol. The lowest BCUT2D eigenvalue weighted by Crippen LogP contribution is -2.46. The molecule has 7 heteroatoms. The molecule has 1 aliphatic rings. The van der Waals surface area contributed by atoms with Crippen LogP contribution in [0.15, 0.2) is 30.9 Å². The van der Waals surface area contributed by atoms with Crippen molar-refractivity contribution in [1.82, 2.24) is 15.2 Å². The van der Waals surface area contributed by atoms with E-state index in [2.05, 4.69) is 16.9 Å². The molecule has 24 heavy (non-hydrogen) atoms. The number of hydrogen-bond donors (Lipinski definition) is 1. The lowest BCUT2D eigenvalue weighted by atomic mass is 10.1. The molecule has 2 aromatic rings. The molecule has 0 aliphatic carbocycles. The van der Waals surface area contributed by atoms with Crippen LogP contribution in [0.4, 0.5) is 4.79 Å². The Morgan fingerprint density at radius 3 is 3.00 bits per heavy atom. The van der Waals surface area contributed by atoms with E-state index >= 15 is 0 Å². The second-order valence-electron chi connectivity index (χ2n) is 5.59. The van der Waals surface area contributed by atoms with Gasteiger partial charge in [-0.1, -0.05) is 17.4 Å². The standard InChI is InChI=1S/C17H21N3O3S/c1-3-8-18-16(21)20-9-6-12(7-10-20)23-17-19-14-5-4-13(22-2)11-15(14)24-17/h3-5,11-12H,1,6-10H2,2H3,(H,18,21). The number of piperidine rings is 1. The van der Waals surface area contributed by atoms with Crippen LogP contribution in [0.2, 0.25) is 0 Å². The number of urea groups is 1. The Morgan fingerprint density at radius 1 is 1.50 bits per heavy atom. The van der Waals surface area contributed by atoms with Gasteiger partial charge in [0.2, 0.25) is 0 Å². The number of aromatic nitrogens is 1. The Bertz CT molecular complexity index is 723. The minimum atomic E-state index is -0.0413. The third kappa shape index (κ3) is 3.79. The summed E-state index contributed by atoms with van der Waals surface area (Å²) < 4.78 is 12.3. The van der Waals surface area contributed by atoms with Crippen molar-refractivity contribution in [2.75, 3.05) is 26.7 Å². The van der Waals surface area contributed by atoms with Gasteiger partial charge >= 0.3 is 6.03 Å². The predicted molar refractivity (Wildman–Crippen MR) is 95.0 cm³/mol. The van der Waals surface area contributed by atoms with Gasteiger partial charge in [0.1, 0.15) is 11.9 Å². The van der Waals surface area contributed by atoms with Gasteiger partial charge in [0.15, 0.2) is 0 Å². The Kier molecular flexibility index (Phi) is 5.20. The molecular weight excluding hydrogens is 326 g/mol. The van der Waals surface area contributed by atoms with Crippen molar-refractivity contribution in [2.24, 2.45) is 0 Å². The number of hydrogen-bond acceptors (Lipinski definition) is 5. The molecule has 0 atom stereocenters. The van der Waals surface area contributed by atoms with E-state index in [-0.39, 0.29) is 12.1 Å². The van der Waals surface area contributed by atoms with Crippen LogP contribution in [0, 0.1) is 0 Å². The van der Waals surface area contributed by atoms with Crippen LogP contribution in [0.5, 0.6) is 10.9 Å². The largest absolute Gasteiger partial charge is 0.497 e. The maximum absolute atomic E-state index is 11.9. The van der Waals surface area contributed by atoms with Gasteiger partial charge in [-0.2, -0.15) is 0 Å². The molecule has 128 valence electrons. The number of carbonyl (C=O) groups is 1. The van der Waals surface area contributed by atoms with Gasteiger partial charge in [0.05, 0.1) is 17.3 Å². The van der Waals surface area contributed by atoms with Gasteiger partial charge in [-0.15, -0.1) is 6.58 Å². The summed E-state index contributed by atoms with van der Waals surface area (Å²) >= 11 is 1.52. The topological polar surface area (TPSA) is 63.7 Å². The highest BCUT2D eigenvalue weighted by molar-refractivity contribution is 7.20. The quantitative estimate of drug-likeness (QED) is 0.845. The number of thiazole rings is 1. The average Bonchev–Trinajstić information content (AvgIpc) is 3.01. The molecule has 3 rings (SSSR count). The summed E-state index contributed by atoms with van der Waals surface area (Å²) in [7, 11) is 1.65. The Balaban J connectivity index is 1.56. The van der Waals surface area contributed by atoms with Crippen molar-refractivity contribution in [1.29, 1.82) is 0 Å². The Hall–Kier alpha value is -2.28. The first-order chi connectivity index (χ1) is 11.7. The van der Waals surface area contributed by atoms with Crippen molar-refractivity contribution in [3.05, 3.63) is 30.9 Å². The van der Waals surface area contributed by atoms with Crippen LogP contribution >= 0.6 is 11.3 Å². The molecule has 0 unspecified atom stereocenters. The third-order valence-corrected chi connectivity index (χ3v) is 4.88. The molecule has 1 aromatic heterocycles. The highest BCUT2D eigenvalue weighted by Crippen LogP contribution is 2.32. The lowest BCUT2D eigenvalue weighted by molar-refractivity contribution is 0.111. The van der Waals surface area contributed by atoms with Crippen molar-refractivity contribution in [3.63, 3.8) is 0 Å². The van der Waals surface area contributed by atoms with Crippen LogP contribution < -0.4 is 14.8 Å². The zero-order valence-corrected chi connectivity index (χ0v) is 14.5. The number of ether oxygens (including phenoxy) is 2. The Labute approximate surface area is 145 Å². The fraction of sp³-hybridized carbons (Fsp3) is 0.412. The number of amides is 2. The van der Waals surface area contributed by atoms with Crippen LogP contribution in [0.1, 0.15) is 12.8 Å². The molecule has 1 fully saturated rings. The first kappa shape index (κ1) is 16.6. The summed E-state index contributed by atoms with van der Waals surface area (Å²) in [6.07, 6.45) is 3.38. The highest BCUT2D eigenvalue weighted by atomic mass is 32.1. The van der Waals surface area contributed by atoms with Crippen LogP contribution in [0.25, 0.3) is 10.2 Å². The van der Waals surface area contributed by atoms with E-state index in [1.165, 1.54) is 11.3 Å². The molecule has 2 heterocycles. The van der Waals surface area contributed by atoms with Crippen LogP contribution in [-0.2, 0) is 0 Å². The zero-order chi connectivity index (χ0) is 16.9. The van der Waals surface area contributed by atoms with E-state index < -0.39 is 0 Å². The molecule has 1 aliphatic heterocycles. The summed E-state index contributed by atoms with van der Waals surface area (Å²) in [6.45, 7) is 5.46. The number of nitrogens with one attached hydrogen (secondary N) is 1. The summed E-state index contributed by atoms with van der Waals surface area (Å²) in [5.74, 6) is 0.816. The number of rotatable bonds is 5. The molecule has 1 N–H and O–H groups in total. The molecule has 0 saturated carbocycles. The van der Waals surface area contributed by atoms with Crippen LogP contribution in [0.3, 0.4) is 0 Å². The number of carbonyl (C=O) groups excluding carboxylic acids is 1. The summed E-state index contributed by atoms with van der Waals surface area (Å²) in [4.78, 5) is 18.2. The first-order valence-electron chi connectivity index (χ1n) is 7.94. The van der Waals surface area contributed by atoms with Crippen molar-refractivity contribution in [3.8, 4) is 10.9 Å². The van der Waals surface area contributed by atoms with Gasteiger partial charge in [-0.3, -0.25) is 0 Å². The number of methoxy groups -OCH3 is 1. The Morgan fingerprint density at radius 2 is 2.29 bits per heavy atom. The molecule has 0 spiro atoms. The van der Waals surface area contributed by atoms with Gasteiger partial charge in [0, 0.05) is 32.5 Å². The van der Waals surface area contributed by atoms with Crippen molar-refractivity contribution in [2.45, 2.75) is 18.9 Å². The first-order valence-corrected chi connectivity index (χ1v) is 8.76. The minimum absolute atomic E-state index is 0.0413.